The molecule has 0 aliphatic carbocycles. The van der Waals surface area contributed by atoms with Gasteiger partial charge in [0.05, 0.1) is 12.2 Å². The molecule has 0 unspecified atom stereocenters. The van der Waals surface area contributed by atoms with E-state index in [2.05, 4.69) is 22.1 Å². The van der Waals surface area contributed by atoms with E-state index in [-0.39, 0.29) is 12.5 Å². The number of benzene rings is 1. The van der Waals surface area contributed by atoms with Gasteiger partial charge in [0.25, 0.3) is 5.91 Å². The predicted molar refractivity (Wildman–Crippen MR) is 90.6 cm³/mol. The fraction of sp³-hybridized carbons (Fsp3) is 0.111. The van der Waals surface area contributed by atoms with E-state index in [0.717, 1.165) is 11.2 Å². The molecule has 3 rings (SSSR count). The van der Waals surface area contributed by atoms with Crippen molar-refractivity contribution in [2.45, 2.75) is 6.92 Å². The van der Waals surface area contributed by atoms with Crippen LogP contribution in [-0.4, -0.2) is 21.8 Å². The summed E-state index contributed by atoms with van der Waals surface area (Å²) in [7, 11) is 0. The molecule has 1 aromatic carbocycles. The molecule has 4 nitrogen and oxygen atoms in total. The molecule has 114 valence electrons. The van der Waals surface area contributed by atoms with Crippen molar-refractivity contribution in [1.29, 1.82) is 0 Å². The molecule has 0 saturated heterocycles. The van der Waals surface area contributed by atoms with Crippen LogP contribution in [0, 0.1) is 18.8 Å². The number of hydrogen-bond donors (Lipinski definition) is 1. The lowest BCUT2D eigenvalue weighted by Crippen LogP contribution is -2.25. The van der Waals surface area contributed by atoms with Crippen LogP contribution in [0.25, 0.3) is 5.65 Å². The standard InChI is InChI=1S/C18H14ClN3O/c1-13-17(22-11-3-2-9-16(22)21-13)18(23)20-10-5-7-14-6-4-8-15(19)12-14/h2-4,6,8-9,11-12H,10H2,1H3,(H,20,23). The van der Waals surface area contributed by atoms with Gasteiger partial charge in [-0.1, -0.05) is 35.6 Å². The van der Waals surface area contributed by atoms with E-state index in [0.29, 0.717) is 16.4 Å². The molecule has 3 aromatic rings. The summed E-state index contributed by atoms with van der Waals surface area (Å²) < 4.78 is 1.77. The molecular formula is C18H14ClN3O. The zero-order valence-corrected chi connectivity index (χ0v) is 13.3. The number of hydrogen-bond acceptors (Lipinski definition) is 2. The third-order valence-corrected chi connectivity index (χ3v) is 3.55. The second-order valence-corrected chi connectivity index (χ2v) is 5.41. The van der Waals surface area contributed by atoms with Crippen LogP contribution in [0.15, 0.2) is 48.7 Å². The third-order valence-electron chi connectivity index (χ3n) is 3.31. The maximum atomic E-state index is 12.3. The van der Waals surface area contributed by atoms with Crippen LogP contribution in [0.1, 0.15) is 21.7 Å². The van der Waals surface area contributed by atoms with E-state index in [4.69, 9.17) is 11.6 Å². The van der Waals surface area contributed by atoms with E-state index in [9.17, 15) is 4.79 Å². The summed E-state index contributed by atoms with van der Waals surface area (Å²) in [5.41, 5.74) is 2.79. The summed E-state index contributed by atoms with van der Waals surface area (Å²) >= 11 is 5.90. The van der Waals surface area contributed by atoms with Crippen molar-refractivity contribution >= 4 is 23.2 Å². The normalized spacial score (nSPS) is 10.2. The van der Waals surface area contributed by atoms with Gasteiger partial charge in [0.2, 0.25) is 0 Å². The Morgan fingerprint density at radius 2 is 2.17 bits per heavy atom. The highest BCUT2D eigenvalue weighted by molar-refractivity contribution is 6.30. The van der Waals surface area contributed by atoms with E-state index < -0.39 is 0 Å². The number of halogens is 1. The van der Waals surface area contributed by atoms with Gasteiger partial charge < -0.3 is 5.32 Å². The summed E-state index contributed by atoms with van der Waals surface area (Å²) in [6, 6.07) is 12.9. The Labute approximate surface area is 139 Å². The fourth-order valence-corrected chi connectivity index (χ4v) is 2.50. The SMILES string of the molecule is Cc1nc2ccccn2c1C(=O)NCC#Cc1cccc(Cl)c1. The molecule has 0 saturated carbocycles. The smallest absolute Gasteiger partial charge is 0.270 e. The number of fused-ring (bicyclic) bond motifs is 1. The van der Waals surface area contributed by atoms with Crippen LogP contribution in [0.3, 0.4) is 0 Å². The first-order chi connectivity index (χ1) is 11.1. The molecule has 5 heteroatoms. The Morgan fingerprint density at radius 1 is 1.30 bits per heavy atom. The second-order valence-electron chi connectivity index (χ2n) is 4.97. The number of nitrogens with zero attached hydrogens (tertiary/aromatic N) is 2. The van der Waals surface area contributed by atoms with Crippen molar-refractivity contribution in [3.05, 3.63) is 70.6 Å². The molecular weight excluding hydrogens is 310 g/mol. The molecule has 1 N–H and O–H groups in total. The van der Waals surface area contributed by atoms with E-state index in [1.807, 2.05) is 43.5 Å². The zero-order chi connectivity index (χ0) is 16.2. The number of rotatable bonds is 2. The van der Waals surface area contributed by atoms with Gasteiger partial charge in [0, 0.05) is 16.8 Å². The van der Waals surface area contributed by atoms with Crippen LogP contribution >= 0.6 is 11.6 Å². The van der Waals surface area contributed by atoms with Crippen LogP contribution in [0.2, 0.25) is 5.02 Å². The quantitative estimate of drug-likeness (QED) is 0.737. The summed E-state index contributed by atoms with van der Waals surface area (Å²) in [6.45, 7) is 2.07. The van der Waals surface area contributed by atoms with Crippen molar-refractivity contribution in [2.24, 2.45) is 0 Å². The van der Waals surface area contributed by atoms with Gasteiger partial charge in [0.1, 0.15) is 11.3 Å². The minimum absolute atomic E-state index is 0.193. The largest absolute Gasteiger partial charge is 0.340 e. The Morgan fingerprint density at radius 3 is 3.00 bits per heavy atom. The first kappa shape index (κ1) is 15.1. The maximum Gasteiger partial charge on any atom is 0.270 e. The number of pyridine rings is 1. The molecule has 1 amide bonds. The first-order valence-corrected chi connectivity index (χ1v) is 7.49. The van der Waals surface area contributed by atoms with Gasteiger partial charge in [-0.05, 0) is 37.3 Å². The van der Waals surface area contributed by atoms with E-state index in [1.54, 1.807) is 16.5 Å². The van der Waals surface area contributed by atoms with Crippen molar-refractivity contribution < 1.29 is 4.79 Å². The van der Waals surface area contributed by atoms with Gasteiger partial charge in [-0.3, -0.25) is 9.20 Å². The second kappa shape index (κ2) is 6.55. The number of amides is 1. The minimum atomic E-state index is -0.193. The van der Waals surface area contributed by atoms with Gasteiger partial charge in [-0.25, -0.2) is 4.98 Å². The monoisotopic (exact) mass is 323 g/mol. The molecule has 0 aliphatic heterocycles. The van der Waals surface area contributed by atoms with Gasteiger partial charge in [-0.2, -0.15) is 0 Å². The highest BCUT2D eigenvalue weighted by Crippen LogP contribution is 2.11. The third kappa shape index (κ3) is 3.36. The van der Waals surface area contributed by atoms with Gasteiger partial charge in [0.15, 0.2) is 0 Å². The molecule has 0 fully saturated rings. The number of imidazole rings is 1. The minimum Gasteiger partial charge on any atom is -0.340 e. The first-order valence-electron chi connectivity index (χ1n) is 7.11. The maximum absolute atomic E-state index is 12.3. The van der Waals surface area contributed by atoms with E-state index >= 15 is 0 Å². The average molecular weight is 324 g/mol. The average Bonchev–Trinajstić information content (AvgIpc) is 2.87. The number of carbonyl (C=O) groups excluding carboxylic acids is 1. The predicted octanol–water partition coefficient (Wildman–Crippen LogP) is 3.08. The molecule has 0 aliphatic rings. The number of carbonyl (C=O) groups is 1. The van der Waals surface area contributed by atoms with Crippen LogP contribution in [0.4, 0.5) is 0 Å². The molecule has 0 atom stereocenters. The van der Waals surface area contributed by atoms with Crippen molar-refractivity contribution in [3.8, 4) is 11.8 Å². The van der Waals surface area contributed by atoms with Gasteiger partial charge in [-0.15, -0.1) is 0 Å². The molecule has 0 bridgehead atoms. The lowest BCUT2D eigenvalue weighted by Gasteiger charge is -2.02. The molecule has 0 spiro atoms. The van der Waals surface area contributed by atoms with Crippen LogP contribution in [-0.2, 0) is 0 Å². The summed E-state index contributed by atoms with van der Waals surface area (Å²) in [5.74, 6) is 5.69. The molecule has 23 heavy (non-hydrogen) atoms. The number of nitrogens with one attached hydrogen (secondary N) is 1. The summed E-state index contributed by atoms with van der Waals surface area (Å²) in [6.07, 6.45) is 1.82. The Kier molecular flexibility index (Phi) is 4.31. The van der Waals surface area contributed by atoms with Crippen molar-refractivity contribution in [2.75, 3.05) is 6.54 Å². The van der Waals surface area contributed by atoms with Gasteiger partial charge >= 0.3 is 0 Å². The molecule has 2 aromatic heterocycles. The van der Waals surface area contributed by atoms with Crippen molar-refractivity contribution in [3.63, 3.8) is 0 Å². The Hall–Kier alpha value is -2.77. The summed E-state index contributed by atoms with van der Waals surface area (Å²) in [4.78, 5) is 16.7. The fourth-order valence-electron chi connectivity index (χ4n) is 2.31. The Bertz CT molecular complexity index is 934. The van der Waals surface area contributed by atoms with Crippen LogP contribution in [0.5, 0.6) is 0 Å². The summed E-state index contributed by atoms with van der Waals surface area (Å²) in [5, 5.41) is 3.44. The molecule has 2 heterocycles. The Balaban J connectivity index is 1.71. The highest BCUT2D eigenvalue weighted by Gasteiger charge is 2.15. The topological polar surface area (TPSA) is 46.4 Å². The number of aryl methyl sites for hydroxylation is 1. The van der Waals surface area contributed by atoms with E-state index in [1.165, 1.54) is 0 Å². The van der Waals surface area contributed by atoms with Crippen LogP contribution < -0.4 is 5.32 Å². The lowest BCUT2D eigenvalue weighted by molar-refractivity contribution is 0.0952. The number of aromatic nitrogens is 2. The highest BCUT2D eigenvalue weighted by atomic mass is 35.5. The lowest BCUT2D eigenvalue weighted by atomic mass is 10.2. The zero-order valence-electron chi connectivity index (χ0n) is 12.5. The molecule has 0 radical (unpaired) electrons. The van der Waals surface area contributed by atoms with Crippen molar-refractivity contribution in [1.82, 2.24) is 14.7 Å².